The van der Waals surface area contributed by atoms with Crippen LogP contribution in [0.4, 0.5) is 4.39 Å². The Morgan fingerprint density at radius 2 is 1.68 bits per heavy atom. The standard InChI is InChI=1S/C16H18FNO/c1-11(18)16-14(17)9-6-10-15(16)19-12(2)13-7-4-3-5-8-13/h3-12H,18H2,1-2H3. The third-order valence-corrected chi connectivity index (χ3v) is 3.04. The highest BCUT2D eigenvalue weighted by molar-refractivity contribution is 5.37. The van der Waals surface area contributed by atoms with Crippen LogP contribution < -0.4 is 10.5 Å². The van der Waals surface area contributed by atoms with E-state index in [1.807, 2.05) is 37.3 Å². The lowest BCUT2D eigenvalue weighted by molar-refractivity contribution is 0.222. The van der Waals surface area contributed by atoms with Crippen LogP contribution in [-0.4, -0.2) is 0 Å². The first-order valence-corrected chi connectivity index (χ1v) is 6.35. The Morgan fingerprint density at radius 3 is 2.32 bits per heavy atom. The lowest BCUT2D eigenvalue weighted by atomic mass is 10.1. The number of ether oxygens (including phenoxy) is 1. The van der Waals surface area contributed by atoms with Gasteiger partial charge in [0.2, 0.25) is 0 Å². The zero-order chi connectivity index (χ0) is 13.8. The van der Waals surface area contributed by atoms with Gasteiger partial charge in [0.1, 0.15) is 17.7 Å². The van der Waals surface area contributed by atoms with E-state index < -0.39 is 6.04 Å². The molecule has 0 bridgehead atoms. The van der Waals surface area contributed by atoms with Crippen LogP contribution in [-0.2, 0) is 0 Å². The monoisotopic (exact) mass is 259 g/mol. The molecule has 19 heavy (non-hydrogen) atoms. The second-order valence-corrected chi connectivity index (χ2v) is 4.61. The molecule has 0 saturated heterocycles. The molecule has 0 amide bonds. The summed E-state index contributed by atoms with van der Waals surface area (Å²) in [5.74, 6) is 0.180. The SMILES string of the molecule is CC(N)c1c(F)cccc1OC(C)c1ccccc1. The highest BCUT2D eigenvalue weighted by Crippen LogP contribution is 2.30. The summed E-state index contributed by atoms with van der Waals surface area (Å²) in [6, 6.07) is 14.2. The van der Waals surface area contributed by atoms with E-state index in [1.165, 1.54) is 6.07 Å². The first-order chi connectivity index (χ1) is 9.09. The van der Waals surface area contributed by atoms with Gasteiger partial charge in [-0.2, -0.15) is 0 Å². The van der Waals surface area contributed by atoms with Crippen molar-refractivity contribution in [3.63, 3.8) is 0 Å². The minimum atomic E-state index is -0.404. The first-order valence-electron chi connectivity index (χ1n) is 6.35. The van der Waals surface area contributed by atoms with Crippen molar-refractivity contribution >= 4 is 0 Å². The van der Waals surface area contributed by atoms with E-state index in [0.29, 0.717) is 11.3 Å². The molecule has 0 fully saturated rings. The van der Waals surface area contributed by atoms with Crippen molar-refractivity contribution in [1.29, 1.82) is 0 Å². The lowest BCUT2D eigenvalue weighted by Gasteiger charge is -2.19. The summed E-state index contributed by atoms with van der Waals surface area (Å²) in [6.45, 7) is 3.68. The molecule has 0 spiro atoms. The molecule has 0 radical (unpaired) electrons. The summed E-state index contributed by atoms with van der Waals surface area (Å²) in [4.78, 5) is 0. The van der Waals surface area contributed by atoms with Gasteiger partial charge >= 0.3 is 0 Å². The maximum absolute atomic E-state index is 13.8. The average molecular weight is 259 g/mol. The molecule has 2 unspecified atom stereocenters. The predicted octanol–water partition coefficient (Wildman–Crippen LogP) is 3.99. The van der Waals surface area contributed by atoms with Crippen molar-refractivity contribution in [3.8, 4) is 5.75 Å². The maximum Gasteiger partial charge on any atom is 0.131 e. The summed E-state index contributed by atoms with van der Waals surface area (Å²) >= 11 is 0. The largest absolute Gasteiger partial charge is 0.486 e. The van der Waals surface area contributed by atoms with Crippen LogP contribution in [0, 0.1) is 5.82 Å². The van der Waals surface area contributed by atoms with Gasteiger partial charge in [0, 0.05) is 11.6 Å². The van der Waals surface area contributed by atoms with Gasteiger partial charge in [0.15, 0.2) is 0 Å². The van der Waals surface area contributed by atoms with Gasteiger partial charge in [0.05, 0.1) is 0 Å². The number of benzene rings is 2. The molecule has 2 N–H and O–H groups in total. The van der Waals surface area contributed by atoms with Crippen molar-refractivity contribution in [2.24, 2.45) is 5.73 Å². The highest BCUT2D eigenvalue weighted by atomic mass is 19.1. The molecule has 2 rings (SSSR count). The topological polar surface area (TPSA) is 35.2 Å². The van der Waals surface area contributed by atoms with E-state index in [0.717, 1.165) is 5.56 Å². The molecule has 0 saturated carbocycles. The summed E-state index contributed by atoms with van der Waals surface area (Å²) in [6.07, 6.45) is -0.152. The second-order valence-electron chi connectivity index (χ2n) is 4.61. The van der Waals surface area contributed by atoms with Gasteiger partial charge in [-0.05, 0) is 31.5 Å². The Morgan fingerprint density at radius 1 is 1.00 bits per heavy atom. The molecule has 100 valence electrons. The van der Waals surface area contributed by atoms with E-state index in [4.69, 9.17) is 10.5 Å². The average Bonchev–Trinajstić information content (AvgIpc) is 2.39. The molecule has 0 aromatic heterocycles. The van der Waals surface area contributed by atoms with Crippen molar-refractivity contribution in [2.75, 3.05) is 0 Å². The highest BCUT2D eigenvalue weighted by Gasteiger charge is 2.16. The number of rotatable bonds is 4. The van der Waals surface area contributed by atoms with E-state index in [2.05, 4.69) is 0 Å². The molecule has 2 aromatic rings. The molecular formula is C16H18FNO. The van der Waals surface area contributed by atoms with Crippen LogP contribution >= 0.6 is 0 Å². The van der Waals surface area contributed by atoms with Crippen LogP contribution in [0.1, 0.15) is 37.1 Å². The number of halogens is 1. The van der Waals surface area contributed by atoms with E-state index in [-0.39, 0.29) is 11.9 Å². The number of nitrogens with two attached hydrogens (primary N) is 1. The minimum Gasteiger partial charge on any atom is -0.486 e. The van der Waals surface area contributed by atoms with Crippen LogP contribution in [0.2, 0.25) is 0 Å². The van der Waals surface area contributed by atoms with Crippen LogP contribution in [0.15, 0.2) is 48.5 Å². The van der Waals surface area contributed by atoms with Gasteiger partial charge in [0.25, 0.3) is 0 Å². The Hall–Kier alpha value is -1.87. The fraction of sp³-hybridized carbons (Fsp3) is 0.250. The van der Waals surface area contributed by atoms with Crippen molar-refractivity contribution < 1.29 is 9.13 Å². The van der Waals surface area contributed by atoms with E-state index in [1.54, 1.807) is 19.1 Å². The normalized spacial score (nSPS) is 13.9. The van der Waals surface area contributed by atoms with E-state index >= 15 is 0 Å². The molecule has 0 aliphatic rings. The zero-order valence-corrected chi connectivity index (χ0v) is 11.1. The molecule has 0 heterocycles. The fourth-order valence-electron chi connectivity index (χ4n) is 2.04. The Balaban J connectivity index is 2.27. The number of hydrogen-bond donors (Lipinski definition) is 1. The molecule has 2 nitrogen and oxygen atoms in total. The quantitative estimate of drug-likeness (QED) is 0.901. The summed E-state index contributed by atoms with van der Waals surface area (Å²) in [5.41, 5.74) is 7.28. The van der Waals surface area contributed by atoms with Crippen LogP contribution in [0.25, 0.3) is 0 Å². The maximum atomic E-state index is 13.8. The number of hydrogen-bond acceptors (Lipinski definition) is 2. The predicted molar refractivity (Wildman–Crippen MR) is 74.5 cm³/mol. The Labute approximate surface area is 113 Å². The lowest BCUT2D eigenvalue weighted by Crippen LogP contribution is -2.12. The van der Waals surface area contributed by atoms with Gasteiger partial charge in [-0.25, -0.2) is 4.39 Å². The third-order valence-electron chi connectivity index (χ3n) is 3.04. The molecule has 3 heteroatoms. The smallest absolute Gasteiger partial charge is 0.131 e. The molecule has 0 aliphatic carbocycles. The third kappa shape index (κ3) is 3.12. The zero-order valence-electron chi connectivity index (χ0n) is 11.1. The van der Waals surface area contributed by atoms with Crippen molar-refractivity contribution in [3.05, 3.63) is 65.5 Å². The van der Waals surface area contributed by atoms with Gasteiger partial charge < -0.3 is 10.5 Å². The first kappa shape index (κ1) is 13.6. The van der Waals surface area contributed by atoms with Crippen LogP contribution in [0.5, 0.6) is 5.75 Å². The second kappa shape index (κ2) is 5.85. The van der Waals surface area contributed by atoms with Gasteiger partial charge in [-0.3, -0.25) is 0 Å². The fourth-order valence-corrected chi connectivity index (χ4v) is 2.04. The molecule has 2 aromatic carbocycles. The van der Waals surface area contributed by atoms with Crippen molar-refractivity contribution in [2.45, 2.75) is 26.0 Å². The van der Waals surface area contributed by atoms with Gasteiger partial charge in [-0.1, -0.05) is 36.4 Å². The van der Waals surface area contributed by atoms with E-state index in [9.17, 15) is 4.39 Å². The molecular weight excluding hydrogens is 241 g/mol. The molecule has 2 atom stereocenters. The van der Waals surface area contributed by atoms with Crippen LogP contribution in [0.3, 0.4) is 0 Å². The summed E-state index contributed by atoms with van der Waals surface area (Å²) < 4.78 is 19.6. The molecule has 0 aliphatic heterocycles. The minimum absolute atomic E-state index is 0.152. The Bertz CT molecular complexity index is 540. The Kier molecular flexibility index (Phi) is 4.17. The summed E-state index contributed by atoms with van der Waals surface area (Å²) in [5, 5.41) is 0. The van der Waals surface area contributed by atoms with Crippen molar-refractivity contribution in [1.82, 2.24) is 0 Å². The summed E-state index contributed by atoms with van der Waals surface area (Å²) in [7, 11) is 0. The van der Waals surface area contributed by atoms with Gasteiger partial charge in [-0.15, -0.1) is 0 Å².